The number of nitrogens with one attached hydrogen (secondary N) is 1. The van der Waals surface area contributed by atoms with E-state index in [1.54, 1.807) is 11.8 Å². The Morgan fingerprint density at radius 1 is 1.39 bits per heavy atom. The maximum atomic E-state index is 11.5. The minimum Gasteiger partial charge on any atom is -0.364 e. The van der Waals surface area contributed by atoms with Gasteiger partial charge < -0.3 is 5.32 Å². The maximum absolute atomic E-state index is 11.5. The molecule has 1 heterocycles. The Kier molecular flexibility index (Phi) is 4.42. The third-order valence-electron chi connectivity index (χ3n) is 3.04. The molecule has 3 nitrogen and oxygen atoms in total. The molecule has 96 valence electrons. The summed E-state index contributed by atoms with van der Waals surface area (Å²) in [7, 11) is 0. The van der Waals surface area contributed by atoms with E-state index in [1.807, 2.05) is 25.1 Å². The second kappa shape index (κ2) is 6.05. The van der Waals surface area contributed by atoms with Gasteiger partial charge in [0.15, 0.2) is 5.17 Å². The fourth-order valence-corrected chi connectivity index (χ4v) is 2.76. The summed E-state index contributed by atoms with van der Waals surface area (Å²) >= 11 is 1.55. The van der Waals surface area contributed by atoms with Crippen LogP contribution < -0.4 is 5.32 Å². The van der Waals surface area contributed by atoms with Crippen molar-refractivity contribution < 1.29 is 4.79 Å². The van der Waals surface area contributed by atoms with Crippen molar-refractivity contribution in [1.29, 1.82) is 0 Å². The smallest absolute Gasteiger partial charge is 0.261 e. The van der Waals surface area contributed by atoms with Gasteiger partial charge in [-0.05, 0) is 17.9 Å². The van der Waals surface area contributed by atoms with Crippen LogP contribution in [0.1, 0.15) is 31.7 Å². The Balaban J connectivity index is 1.86. The van der Waals surface area contributed by atoms with Gasteiger partial charge in [-0.25, -0.2) is 0 Å². The monoisotopic (exact) mass is 262 g/mol. The van der Waals surface area contributed by atoms with E-state index in [2.05, 4.69) is 29.4 Å². The highest BCUT2D eigenvalue weighted by Gasteiger charge is 2.26. The molecule has 0 aliphatic carbocycles. The van der Waals surface area contributed by atoms with Gasteiger partial charge in [0.05, 0.1) is 5.25 Å². The van der Waals surface area contributed by atoms with Crippen LogP contribution in [0.15, 0.2) is 35.3 Å². The Labute approximate surface area is 112 Å². The number of hydrogen-bond acceptors (Lipinski definition) is 3. The summed E-state index contributed by atoms with van der Waals surface area (Å²) in [6, 6.07) is 10.4. The standard InChI is InChI=1S/C14H18N2OS/c1-3-12-13(17)16-14(18-12)15-9-10(2)11-7-5-4-6-8-11/h4-8,10,12H,3,9H2,1-2H3,(H,15,16,17)/t10?,12-/m1/s1. The molecule has 1 N–H and O–H groups in total. The number of amides is 1. The molecule has 1 aromatic rings. The molecular formula is C14H18N2OS. The lowest BCUT2D eigenvalue weighted by Gasteiger charge is -2.13. The summed E-state index contributed by atoms with van der Waals surface area (Å²) < 4.78 is 0. The molecule has 2 atom stereocenters. The molecule has 0 spiro atoms. The van der Waals surface area contributed by atoms with E-state index in [0.717, 1.165) is 18.1 Å². The predicted molar refractivity (Wildman–Crippen MR) is 77.0 cm³/mol. The van der Waals surface area contributed by atoms with Gasteiger partial charge in [0.1, 0.15) is 0 Å². The van der Waals surface area contributed by atoms with Crippen LogP contribution in [0.25, 0.3) is 0 Å². The zero-order valence-electron chi connectivity index (χ0n) is 10.7. The van der Waals surface area contributed by atoms with Gasteiger partial charge in [-0.2, -0.15) is 4.99 Å². The first-order chi connectivity index (χ1) is 8.70. The van der Waals surface area contributed by atoms with Gasteiger partial charge in [-0.15, -0.1) is 0 Å². The molecule has 0 saturated carbocycles. The molecule has 1 aliphatic heterocycles. The van der Waals surface area contributed by atoms with Crippen LogP contribution >= 0.6 is 11.8 Å². The number of thioether (sulfide) groups is 1. The Bertz CT molecular complexity index is 444. The largest absolute Gasteiger partial charge is 0.364 e. The topological polar surface area (TPSA) is 41.5 Å². The molecule has 1 unspecified atom stereocenters. The summed E-state index contributed by atoms with van der Waals surface area (Å²) in [5.41, 5.74) is 1.30. The van der Waals surface area contributed by atoms with Gasteiger partial charge in [0.2, 0.25) is 0 Å². The summed E-state index contributed by atoms with van der Waals surface area (Å²) in [6.07, 6.45) is 0.840. The number of amidine groups is 1. The van der Waals surface area contributed by atoms with Crippen LogP contribution in [0, 0.1) is 0 Å². The Morgan fingerprint density at radius 2 is 2.11 bits per heavy atom. The van der Waals surface area contributed by atoms with Crippen LogP contribution in [0.5, 0.6) is 0 Å². The van der Waals surface area contributed by atoms with E-state index in [0.29, 0.717) is 5.92 Å². The maximum Gasteiger partial charge on any atom is 0.261 e. The van der Waals surface area contributed by atoms with Crippen LogP contribution in [0.2, 0.25) is 0 Å². The van der Waals surface area contributed by atoms with Crippen molar-refractivity contribution in [2.45, 2.75) is 31.4 Å². The lowest BCUT2D eigenvalue weighted by Crippen LogP contribution is -2.24. The van der Waals surface area contributed by atoms with Crippen molar-refractivity contribution >= 4 is 22.8 Å². The van der Waals surface area contributed by atoms with Gasteiger partial charge in [-0.1, -0.05) is 55.9 Å². The van der Waals surface area contributed by atoms with Crippen molar-refractivity contribution in [1.82, 2.24) is 5.32 Å². The van der Waals surface area contributed by atoms with E-state index in [-0.39, 0.29) is 11.2 Å². The van der Waals surface area contributed by atoms with E-state index >= 15 is 0 Å². The molecule has 0 radical (unpaired) electrons. The predicted octanol–water partition coefficient (Wildman–Crippen LogP) is 2.79. The van der Waals surface area contributed by atoms with E-state index in [1.165, 1.54) is 5.56 Å². The van der Waals surface area contributed by atoms with Crippen molar-refractivity contribution in [3.8, 4) is 0 Å². The molecule has 2 rings (SSSR count). The molecule has 1 amide bonds. The highest BCUT2D eigenvalue weighted by atomic mass is 32.2. The van der Waals surface area contributed by atoms with E-state index in [4.69, 9.17) is 0 Å². The third-order valence-corrected chi connectivity index (χ3v) is 4.32. The van der Waals surface area contributed by atoms with Crippen LogP contribution in [0.3, 0.4) is 0 Å². The lowest BCUT2D eigenvalue weighted by molar-refractivity contribution is -0.117. The van der Waals surface area contributed by atoms with Crippen molar-refractivity contribution in [3.63, 3.8) is 0 Å². The highest BCUT2D eigenvalue weighted by molar-refractivity contribution is 8.15. The second-order valence-electron chi connectivity index (χ2n) is 4.46. The number of aliphatic imine (C=N–C) groups is 1. The number of carbonyl (C=O) groups is 1. The van der Waals surface area contributed by atoms with Crippen LogP contribution in [0.4, 0.5) is 0 Å². The highest BCUT2D eigenvalue weighted by Crippen LogP contribution is 2.24. The Morgan fingerprint density at radius 3 is 2.72 bits per heavy atom. The Hall–Kier alpha value is -1.29. The number of hydrogen-bond donors (Lipinski definition) is 1. The first-order valence-electron chi connectivity index (χ1n) is 6.28. The number of nitrogens with zero attached hydrogens (tertiary/aromatic N) is 1. The minimum atomic E-state index is -0.00244. The number of rotatable bonds is 4. The van der Waals surface area contributed by atoms with Gasteiger partial charge >= 0.3 is 0 Å². The average Bonchev–Trinajstić information content (AvgIpc) is 2.77. The van der Waals surface area contributed by atoms with Gasteiger partial charge in [0.25, 0.3) is 5.91 Å². The van der Waals surface area contributed by atoms with Crippen LogP contribution in [-0.2, 0) is 4.79 Å². The van der Waals surface area contributed by atoms with Crippen molar-refractivity contribution in [2.75, 3.05) is 6.54 Å². The lowest BCUT2D eigenvalue weighted by atomic mass is 10.0. The molecule has 0 fully saturated rings. The SMILES string of the molecule is CC[C@H]1SC(NCC(C)c2ccccc2)=NC1=O. The van der Waals surface area contributed by atoms with E-state index < -0.39 is 0 Å². The normalized spacial score (nSPS) is 20.7. The number of benzene rings is 1. The summed E-state index contributed by atoms with van der Waals surface area (Å²) in [5.74, 6) is 0.405. The molecule has 4 heteroatoms. The zero-order valence-corrected chi connectivity index (χ0v) is 11.5. The molecule has 0 saturated heterocycles. The average molecular weight is 262 g/mol. The molecule has 0 aromatic heterocycles. The molecule has 1 aromatic carbocycles. The quantitative estimate of drug-likeness (QED) is 0.907. The third kappa shape index (κ3) is 3.13. The first kappa shape index (κ1) is 13.1. The van der Waals surface area contributed by atoms with E-state index in [9.17, 15) is 4.79 Å². The second-order valence-corrected chi connectivity index (χ2v) is 5.65. The van der Waals surface area contributed by atoms with Crippen molar-refractivity contribution in [3.05, 3.63) is 35.9 Å². The summed E-state index contributed by atoms with van der Waals surface area (Å²) in [5, 5.41) is 4.05. The minimum absolute atomic E-state index is 0.00244. The fraction of sp³-hybridized carbons (Fsp3) is 0.429. The summed E-state index contributed by atoms with van der Waals surface area (Å²) in [6.45, 7) is 4.99. The molecule has 1 aliphatic rings. The summed E-state index contributed by atoms with van der Waals surface area (Å²) in [4.78, 5) is 15.5. The van der Waals surface area contributed by atoms with Crippen molar-refractivity contribution in [2.24, 2.45) is 4.99 Å². The number of carbonyl (C=O) groups excluding carboxylic acids is 1. The molecule has 18 heavy (non-hydrogen) atoms. The first-order valence-corrected chi connectivity index (χ1v) is 7.16. The van der Waals surface area contributed by atoms with Gasteiger partial charge in [0, 0.05) is 6.54 Å². The molecular weight excluding hydrogens is 244 g/mol. The fourth-order valence-electron chi connectivity index (χ4n) is 1.86. The zero-order chi connectivity index (χ0) is 13.0. The van der Waals surface area contributed by atoms with Gasteiger partial charge in [-0.3, -0.25) is 4.79 Å². The van der Waals surface area contributed by atoms with Crippen LogP contribution in [-0.4, -0.2) is 22.9 Å². The molecule has 0 bridgehead atoms.